The monoisotopic (exact) mass is 336 g/mol. The molecule has 25 heavy (non-hydrogen) atoms. The lowest BCUT2D eigenvalue weighted by atomic mass is 9.87. The first-order valence-electron chi connectivity index (χ1n) is 9.38. The van der Waals surface area contributed by atoms with Gasteiger partial charge in [-0.15, -0.1) is 0 Å². The number of nitro benzene ring substituents is 1. The fourth-order valence-electron chi connectivity index (χ4n) is 4.19. The Kier molecular flexibility index (Phi) is 4.43. The van der Waals surface area contributed by atoms with Crippen LogP contribution in [0.3, 0.4) is 0 Å². The van der Waals surface area contributed by atoms with Crippen LogP contribution in [-0.2, 0) is 12.8 Å². The summed E-state index contributed by atoms with van der Waals surface area (Å²) in [4.78, 5) is 13.3. The molecule has 0 atom stereocenters. The van der Waals surface area contributed by atoms with Gasteiger partial charge in [-0.25, -0.2) is 0 Å². The molecule has 4 rings (SSSR count). The molecule has 1 saturated heterocycles. The van der Waals surface area contributed by atoms with Crippen molar-refractivity contribution in [1.29, 1.82) is 0 Å². The Labute approximate surface area is 148 Å². The standard InChI is InChI=1S/C21H24N2O2/c24-23(25)19-9-11-21-17(15-19)7-3-2-6-16-14-18(8-10-20(16)21)22-12-4-1-5-13-22/h8-11,14-15H,1-7,12-13H2. The normalized spacial score (nSPS) is 17.2. The molecule has 0 spiro atoms. The lowest BCUT2D eigenvalue weighted by Crippen LogP contribution is -2.29. The number of non-ortho nitro benzene ring substituents is 1. The summed E-state index contributed by atoms with van der Waals surface area (Å²) in [7, 11) is 0. The van der Waals surface area contributed by atoms with Crippen molar-refractivity contribution in [3.8, 4) is 11.1 Å². The van der Waals surface area contributed by atoms with E-state index in [0.29, 0.717) is 0 Å². The van der Waals surface area contributed by atoms with Crippen LogP contribution in [-0.4, -0.2) is 18.0 Å². The van der Waals surface area contributed by atoms with Crippen molar-refractivity contribution in [2.75, 3.05) is 18.0 Å². The highest BCUT2D eigenvalue weighted by Gasteiger charge is 2.18. The molecule has 2 aliphatic rings. The minimum atomic E-state index is -0.292. The number of benzene rings is 2. The Morgan fingerprint density at radius 1 is 0.800 bits per heavy atom. The third kappa shape index (κ3) is 3.26. The molecule has 0 radical (unpaired) electrons. The summed E-state index contributed by atoms with van der Waals surface area (Å²) < 4.78 is 0. The minimum absolute atomic E-state index is 0.200. The maximum atomic E-state index is 11.1. The molecule has 4 heteroatoms. The smallest absolute Gasteiger partial charge is 0.269 e. The first-order valence-corrected chi connectivity index (χ1v) is 9.38. The molecule has 130 valence electrons. The molecule has 1 aliphatic carbocycles. The summed E-state index contributed by atoms with van der Waals surface area (Å²) >= 11 is 0. The quantitative estimate of drug-likeness (QED) is 0.564. The molecule has 0 N–H and O–H groups in total. The van der Waals surface area contributed by atoms with Crippen LogP contribution in [0.15, 0.2) is 36.4 Å². The van der Waals surface area contributed by atoms with Gasteiger partial charge in [-0.2, -0.15) is 0 Å². The fraction of sp³-hybridized carbons (Fsp3) is 0.429. The van der Waals surface area contributed by atoms with Crippen molar-refractivity contribution in [3.05, 3.63) is 57.6 Å². The van der Waals surface area contributed by atoms with Gasteiger partial charge in [-0.05, 0) is 85.4 Å². The molecule has 1 aliphatic heterocycles. The van der Waals surface area contributed by atoms with Gasteiger partial charge < -0.3 is 4.90 Å². The van der Waals surface area contributed by atoms with Gasteiger partial charge in [0.25, 0.3) is 5.69 Å². The van der Waals surface area contributed by atoms with Crippen LogP contribution in [0.1, 0.15) is 43.2 Å². The van der Waals surface area contributed by atoms with Crippen molar-refractivity contribution >= 4 is 11.4 Å². The van der Waals surface area contributed by atoms with Crippen LogP contribution >= 0.6 is 0 Å². The number of hydrogen-bond donors (Lipinski definition) is 0. The molecule has 0 unspecified atom stereocenters. The zero-order valence-corrected chi connectivity index (χ0v) is 14.5. The van der Waals surface area contributed by atoms with Gasteiger partial charge in [-0.1, -0.05) is 6.07 Å². The lowest BCUT2D eigenvalue weighted by molar-refractivity contribution is -0.384. The Hall–Kier alpha value is -2.36. The van der Waals surface area contributed by atoms with Crippen LogP contribution in [0, 0.1) is 10.1 Å². The van der Waals surface area contributed by atoms with E-state index in [4.69, 9.17) is 0 Å². The lowest BCUT2D eigenvalue weighted by Gasteiger charge is -2.30. The van der Waals surface area contributed by atoms with Crippen molar-refractivity contribution in [1.82, 2.24) is 0 Å². The second kappa shape index (κ2) is 6.87. The van der Waals surface area contributed by atoms with Gasteiger partial charge >= 0.3 is 0 Å². The summed E-state index contributed by atoms with van der Waals surface area (Å²) in [6.07, 6.45) is 8.14. The maximum absolute atomic E-state index is 11.1. The number of nitrogens with zero attached hydrogens (tertiary/aromatic N) is 2. The summed E-state index contributed by atoms with van der Waals surface area (Å²) in [5, 5.41) is 11.1. The largest absolute Gasteiger partial charge is 0.372 e. The van der Waals surface area contributed by atoms with Crippen LogP contribution < -0.4 is 4.90 Å². The zero-order chi connectivity index (χ0) is 17.2. The van der Waals surface area contributed by atoms with Crippen LogP contribution in [0.25, 0.3) is 11.1 Å². The average Bonchev–Trinajstić information content (AvgIpc) is 2.64. The SMILES string of the molecule is O=[N+]([O-])c1ccc2c(c1)CCCCc1cc(N3CCCCC3)ccc1-2. The molecule has 0 bridgehead atoms. The van der Waals surface area contributed by atoms with E-state index < -0.39 is 0 Å². The predicted octanol–water partition coefficient (Wildman–Crippen LogP) is 5.13. The average molecular weight is 336 g/mol. The van der Waals surface area contributed by atoms with Crippen molar-refractivity contribution in [2.45, 2.75) is 44.9 Å². The molecule has 1 heterocycles. The van der Waals surface area contributed by atoms with Crippen molar-refractivity contribution < 1.29 is 4.92 Å². The van der Waals surface area contributed by atoms with E-state index in [1.54, 1.807) is 12.1 Å². The maximum Gasteiger partial charge on any atom is 0.269 e. The summed E-state index contributed by atoms with van der Waals surface area (Å²) in [6.45, 7) is 2.31. The van der Waals surface area contributed by atoms with Crippen molar-refractivity contribution in [3.63, 3.8) is 0 Å². The zero-order valence-electron chi connectivity index (χ0n) is 14.5. The number of piperidine rings is 1. The van der Waals surface area contributed by atoms with Gasteiger partial charge in [0.05, 0.1) is 4.92 Å². The van der Waals surface area contributed by atoms with E-state index in [1.807, 2.05) is 6.07 Å². The Morgan fingerprint density at radius 2 is 1.44 bits per heavy atom. The Balaban J connectivity index is 1.75. The summed E-state index contributed by atoms with van der Waals surface area (Å²) in [6, 6.07) is 12.2. The Morgan fingerprint density at radius 3 is 2.12 bits per heavy atom. The van der Waals surface area contributed by atoms with E-state index in [-0.39, 0.29) is 10.6 Å². The van der Waals surface area contributed by atoms with Gasteiger partial charge in [0.1, 0.15) is 0 Å². The third-order valence-electron chi connectivity index (χ3n) is 5.54. The minimum Gasteiger partial charge on any atom is -0.372 e. The first kappa shape index (κ1) is 16.1. The molecule has 4 nitrogen and oxygen atoms in total. The topological polar surface area (TPSA) is 46.4 Å². The molecule has 2 aromatic carbocycles. The molecule has 0 aromatic heterocycles. The summed E-state index contributed by atoms with van der Waals surface area (Å²) in [5.74, 6) is 0. The third-order valence-corrected chi connectivity index (χ3v) is 5.54. The van der Waals surface area contributed by atoms with Crippen LogP contribution in [0.2, 0.25) is 0 Å². The number of fused-ring (bicyclic) bond motifs is 3. The number of hydrogen-bond acceptors (Lipinski definition) is 3. The van der Waals surface area contributed by atoms with Gasteiger partial charge in [0, 0.05) is 30.9 Å². The second-order valence-corrected chi connectivity index (χ2v) is 7.19. The van der Waals surface area contributed by atoms with E-state index in [0.717, 1.165) is 44.3 Å². The molecule has 0 saturated carbocycles. The molecule has 2 aromatic rings. The molecule has 0 amide bonds. The highest BCUT2D eigenvalue weighted by molar-refractivity contribution is 5.75. The van der Waals surface area contributed by atoms with Gasteiger partial charge in [-0.3, -0.25) is 10.1 Å². The number of aryl methyl sites for hydroxylation is 2. The van der Waals surface area contributed by atoms with Gasteiger partial charge in [0.15, 0.2) is 0 Å². The summed E-state index contributed by atoms with van der Waals surface area (Å²) in [5.41, 5.74) is 6.46. The molecular weight excluding hydrogens is 312 g/mol. The van der Waals surface area contributed by atoms with E-state index in [9.17, 15) is 10.1 Å². The number of rotatable bonds is 2. The highest BCUT2D eigenvalue weighted by Crippen LogP contribution is 2.36. The van der Waals surface area contributed by atoms with Gasteiger partial charge in [0.2, 0.25) is 0 Å². The number of anilines is 1. The number of nitro groups is 1. The Bertz CT molecular complexity index is 794. The molecule has 1 fully saturated rings. The van der Waals surface area contributed by atoms with E-state index in [1.165, 1.54) is 41.6 Å². The predicted molar refractivity (Wildman–Crippen MR) is 101 cm³/mol. The fourth-order valence-corrected chi connectivity index (χ4v) is 4.19. The van der Waals surface area contributed by atoms with E-state index in [2.05, 4.69) is 23.1 Å². The molecular formula is C21H24N2O2. The second-order valence-electron chi connectivity index (χ2n) is 7.19. The first-order chi connectivity index (χ1) is 12.2. The van der Waals surface area contributed by atoms with Crippen molar-refractivity contribution in [2.24, 2.45) is 0 Å². The van der Waals surface area contributed by atoms with E-state index >= 15 is 0 Å². The van der Waals surface area contributed by atoms with Crippen LogP contribution in [0.4, 0.5) is 11.4 Å². The van der Waals surface area contributed by atoms with Crippen LogP contribution in [0.5, 0.6) is 0 Å². The highest BCUT2D eigenvalue weighted by atomic mass is 16.6.